The number of halogens is 1. The first-order chi connectivity index (χ1) is 9.74. The van der Waals surface area contributed by atoms with Gasteiger partial charge in [0, 0.05) is 34.3 Å². The van der Waals surface area contributed by atoms with Gasteiger partial charge in [-0.25, -0.2) is 0 Å². The van der Waals surface area contributed by atoms with Gasteiger partial charge in [-0.2, -0.15) is 0 Å². The smallest absolute Gasteiger partial charge is 0.267 e. The highest BCUT2D eigenvalue weighted by Crippen LogP contribution is 2.17. The van der Waals surface area contributed by atoms with Crippen LogP contribution in [0.3, 0.4) is 0 Å². The number of carbonyl (C=O) groups excluding carboxylic acids is 1. The molecule has 0 aliphatic heterocycles. The lowest BCUT2D eigenvalue weighted by molar-refractivity contribution is 0.0950. The van der Waals surface area contributed by atoms with Crippen LogP contribution in [0.5, 0.6) is 0 Å². The van der Waals surface area contributed by atoms with Crippen molar-refractivity contribution in [2.45, 2.75) is 6.42 Å². The van der Waals surface area contributed by atoms with E-state index in [1.165, 1.54) is 10.9 Å². The fourth-order valence-corrected chi connectivity index (χ4v) is 2.59. The third-order valence-electron chi connectivity index (χ3n) is 3.25. The van der Waals surface area contributed by atoms with E-state index in [4.69, 9.17) is 0 Å². The van der Waals surface area contributed by atoms with Crippen molar-refractivity contribution >= 4 is 32.7 Å². The molecule has 5 heteroatoms. The molecule has 0 radical (unpaired) electrons. The van der Waals surface area contributed by atoms with E-state index in [-0.39, 0.29) is 5.91 Å². The van der Waals surface area contributed by atoms with Gasteiger partial charge in [0.2, 0.25) is 0 Å². The number of para-hydroxylation sites is 1. The minimum Gasteiger partial charge on any atom is -0.361 e. The second kappa shape index (κ2) is 5.54. The molecule has 0 atom stereocenters. The molecule has 2 heterocycles. The average molecular weight is 332 g/mol. The highest BCUT2D eigenvalue weighted by molar-refractivity contribution is 9.10. The van der Waals surface area contributed by atoms with Crippen LogP contribution in [-0.4, -0.2) is 22.4 Å². The van der Waals surface area contributed by atoms with Crippen LogP contribution in [0, 0.1) is 0 Å². The normalized spacial score (nSPS) is 10.8. The van der Waals surface area contributed by atoms with E-state index in [0.29, 0.717) is 12.2 Å². The van der Waals surface area contributed by atoms with E-state index in [1.54, 1.807) is 12.3 Å². The van der Waals surface area contributed by atoms with E-state index in [1.807, 2.05) is 24.4 Å². The van der Waals surface area contributed by atoms with Gasteiger partial charge in [-0.1, -0.05) is 18.2 Å². The SMILES string of the molecule is O=C(NCCc1c[nH]c2ccccc12)c1cc(Br)c[nH]1. The molecule has 3 rings (SSSR count). The van der Waals surface area contributed by atoms with Gasteiger partial charge in [0.1, 0.15) is 5.69 Å². The molecule has 0 aliphatic carbocycles. The number of hydrogen-bond donors (Lipinski definition) is 3. The molecule has 1 amide bonds. The van der Waals surface area contributed by atoms with Gasteiger partial charge in [-0.05, 0) is 40.0 Å². The molecule has 0 saturated carbocycles. The van der Waals surface area contributed by atoms with Crippen LogP contribution in [0.25, 0.3) is 10.9 Å². The summed E-state index contributed by atoms with van der Waals surface area (Å²) in [4.78, 5) is 18.0. The molecule has 0 unspecified atom stereocenters. The number of hydrogen-bond acceptors (Lipinski definition) is 1. The predicted molar refractivity (Wildman–Crippen MR) is 82.8 cm³/mol. The molecule has 0 spiro atoms. The number of fused-ring (bicyclic) bond motifs is 1. The van der Waals surface area contributed by atoms with Gasteiger partial charge >= 0.3 is 0 Å². The second-order valence-electron chi connectivity index (χ2n) is 4.60. The van der Waals surface area contributed by atoms with Crippen LogP contribution in [-0.2, 0) is 6.42 Å². The quantitative estimate of drug-likeness (QED) is 0.675. The topological polar surface area (TPSA) is 60.7 Å². The molecule has 0 aliphatic rings. The van der Waals surface area contributed by atoms with Crippen LogP contribution in [0.2, 0.25) is 0 Å². The van der Waals surface area contributed by atoms with Crippen molar-refractivity contribution in [3.05, 3.63) is 58.5 Å². The summed E-state index contributed by atoms with van der Waals surface area (Å²) in [5.41, 5.74) is 2.91. The van der Waals surface area contributed by atoms with Crippen molar-refractivity contribution in [2.75, 3.05) is 6.54 Å². The standard InChI is InChI=1S/C15H14BrN3O/c16-11-7-14(19-9-11)15(20)17-6-5-10-8-18-13-4-2-1-3-12(10)13/h1-4,7-9,18-19H,5-6H2,(H,17,20). The molecule has 0 fully saturated rings. The summed E-state index contributed by atoms with van der Waals surface area (Å²) in [7, 11) is 0. The molecule has 2 aromatic heterocycles. The number of H-pyrrole nitrogens is 2. The summed E-state index contributed by atoms with van der Waals surface area (Å²) < 4.78 is 0.874. The largest absolute Gasteiger partial charge is 0.361 e. The Morgan fingerprint density at radius 1 is 1.20 bits per heavy atom. The number of aromatic nitrogens is 2. The number of amides is 1. The van der Waals surface area contributed by atoms with Crippen molar-refractivity contribution in [1.29, 1.82) is 0 Å². The molecule has 20 heavy (non-hydrogen) atoms. The summed E-state index contributed by atoms with van der Waals surface area (Å²) >= 11 is 3.31. The van der Waals surface area contributed by atoms with Crippen LogP contribution in [0.15, 0.2) is 47.2 Å². The number of benzene rings is 1. The molecular weight excluding hydrogens is 318 g/mol. The Hall–Kier alpha value is -2.01. The zero-order valence-corrected chi connectivity index (χ0v) is 12.3. The Morgan fingerprint density at radius 3 is 2.85 bits per heavy atom. The van der Waals surface area contributed by atoms with E-state index in [0.717, 1.165) is 16.4 Å². The molecule has 0 bridgehead atoms. The molecule has 102 valence electrons. The van der Waals surface area contributed by atoms with Gasteiger partial charge in [0.25, 0.3) is 5.91 Å². The molecule has 4 nitrogen and oxygen atoms in total. The summed E-state index contributed by atoms with van der Waals surface area (Å²) in [6.45, 7) is 0.608. The first-order valence-electron chi connectivity index (χ1n) is 6.41. The Morgan fingerprint density at radius 2 is 2.05 bits per heavy atom. The third kappa shape index (κ3) is 2.63. The Bertz CT molecular complexity index is 744. The zero-order chi connectivity index (χ0) is 13.9. The monoisotopic (exact) mass is 331 g/mol. The van der Waals surface area contributed by atoms with Crippen LogP contribution >= 0.6 is 15.9 Å². The average Bonchev–Trinajstić information content (AvgIpc) is 3.06. The van der Waals surface area contributed by atoms with Crippen LogP contribution in [0.4, 0.5) is 0 Å². The number of carbonyl (C=O) groups is 1. The van der Waals surface area contributed by atoms with Crippen LogP contribution in [0.1, 0.15) is 16.1 Å². The number of aromatic amines is 2. The first-order valence-corrected chi connectivity index (χ1v) is 7.20. The van der Waals surface area contributed by atoms with Gasteiger partial charge in [-0.3, -0.25) is 4.79 Å². The van der Waals surface area contributed by atoms with Gasteiger partial charge in [-0.15, -0.1) is 0 Å². The Kier molecular flexibility index (Phi) is 3.60. The highest BCUT2D eigenvalue weighted by Gasteiger charge is 2.08. The first kappa shape index (κ1) is 13.0. The van der Waals surface area contributed by atoms with Crippen molar-refractivity contribution < 1.29 is 4.79 Å². The number of rotatable bonds is 4. The third-order valence-corrected chi connectivity index (χ3v) is 3.71. The van der Waals surface area contributed by atoms with Crippen molar-refractivity contribution in [3.63, 3.8) is 0 Å². The summed E-state index contributed by atoms with van der Waals surface area (Å²) in [6.07, 6.45) is 4.55. The maximum Gasteiger partial charge on any atom is 0.267 e. The number of nitrogens with one attached hydrogen (secondary N) is 3. The lowest BCUT2D eigenvalue weighted by atomic mass is 10.1. The molecule has 3 aromatic rings. The van der Waals surface area contributed by atoms with E-state index in [9.17, 15) is 4.79 Å². The molecule has 0 saturated heterocycles. The van der Waals surface area contributed by atoms with E-state index >= 15 is 0 Å². The Labute approximate surface area is 124 Å². The summed E-state index contributed by atoms with van der Waals surface area (Å²) in [5, 5.41) is 4.12. The lowest BCUT2D eigenvalue weighted by Crippen LogP contribution is -2.25. The van der Waals surface area contributed by atoms with Gasteiger partial charge in [0.15, 0.2) is 0 Å². The van der Waals surface area contributed by atoms with Crippen molar-refractivity contribution in [2.24, 2.45) is 0 Å². The summed E-state index contributed by atoms with van der Waals surface area (Å²) in [6, 6.07) is 9.93. The second-order valence-corrected chi connectivity index (χ2v) is 5.51. The molecule has 1 aromatic carbocycles. The fraction of sp³-hybridized carbons (Fsp3) is 0.133. The highest BCUT2D eigenvalue weighted by atomic mass is 79.9. The molecule has 3 N–H and O–H groups in total. The van der Waals surface area contributed by atoms with Crippen molar-refractivity contribution in [1.82, 2.24) is 15.3 Å². The maximum atomic E-state index is 11.9. The summed E-state index contributed by atoms with van der Waals surface area (Å²) in [5.74, 6) is -0.0875. The van der Waals surface area contributed by atoms with Gasteiger partial charge < -0.3 is 15.3 Å². The Balaban J connectivity index is 1.61. The fourth-order valence-electron chi connectivity index (χ4n) is 2.24. The predicted octanol–water partition coefficient (Wildman–Crippen LogP) is 3.23. The minimum atomic E-state index is -0.0875. The van der Waals surface area contributed by atoms with E-state index in [2.05, 4.69) is 37.3 Å². The zero-order valence-electron chi connectivity index (χ0n) is 10.7. The van der Waals surface area contributed by atoms with Crippen molar-refractivity contribution in [3.8, 4) is 0 Å². The van der Waals surface area contributed by atoms with E-state index < -0.39 is 0 Å². The lowest BCUT2D eigenvalue weighted by Gasteiger charge is -2.03. The maximum absolute atomic E-state index is 11.9. The molecular formula is C15H14BrN3O. The van der Waals surface area contributed by atoms with Crippen LogP contribution < -0.4 is 5.32 Å². The van der Waals surface area contributed by atoms with Gasteiger partial charge in [0.05, 0.1) is 0 Å². The minimum absolute atomic E-state index is 0.0875.